The fraction of sp³-hybridized carbons (Fsp3) is 0.267. The average Bonchev–Trinajstić information content (AvgIpc) is 2.49. The summed E-state index contributed by atoms with van der Waals surface area (Å²) in [6.07, 6.45) is 5.39. The highest BCUT2D eigenvalue weighted by atomic mass is 35.5. The molecule has 116 valence electrons. The molecular formula is C15H17ClN4O2. The molecule has 0 saturated heterocycles. The van der Waals surface area contributed by atoms with Crippen molar-refractivity contribution in [1.82, 2.24) is 9.97 Å². The van der Waals surface area contributed by atoms with Crippen LogP contribution in [0.25, 0.3) is 0 Å². The summed E-state index contributed by atoms with van der Waals surface area (Å²) in [5.74, 6) is -0.0594. The number of nitrogens with one attached hydrogen (secondary N) is 2. The molecule has 0 spiro atoms. The molecule has 1 aliphatic carbocycles. The van der Waals surface area contributed by atoms with Crippen LogP contribution in [-0.2, 0) is 12.8 Å². The first-order valence-corrected chi connectivity index (χ1v) is 6.91. The molecule has 4 N–H and O–H groups in total. The van der Waals surface area contributed by atoms with E-state index in [-0.39, 0.29) is 23.5 Å². The van der Waals surface area contributed by atoms with Gasteiger partial charge in [0.1, 0.15) is 11.4 Å². The number of nitrogens with zero attached hydrogens (tertiary/aromatic N) is 1. The quantitative estimate of drug-likeness (QED) is 0.786. The number of rotatable bonds is 2. The second-order valence-electron chi connectivity index (χ2n) is 5.15. The van der Waals surface area contributed by atoms with Crippen molar-refractivity contribution in [2.75, 3.05) is 11.1 Å². The Balaban J connectivity index is 0.00000176. The van der Waals surface area contributed by atoms with Gasteiger partial charge in [-0.1, -0.05) is 0 Å². The number of H-pyrrole nitrogens is 1. The fourth-order valence-corrected chi connectivity index (χ4v) is 2.52. The molecular weight excluding hydrogens is 304 g/mol. The van der Waals surface area contributed by atoms with Gasteiger partial charge in [0.2, 0.25) is 0 Å². The van der Waals surface area contributed by atoms with Gasteiger partial charge in [-0.2, -0.15) is 0 Å². The van der Waals surface area contributed by atoms with Gasteiger partial charge in [0.15, 0.2) is 0 Å². The van der Waals surface area contributed by atoms with E-state index in [1.807, 2.05) is 0 Å². The molecule has 22 heavy (non-hydrogen) atoms. The summed E-state index contributed by atoms with van der Waals surface area (Å²) in [4.78, 5) is 31.0. The number of hydrogen-bond donors (Lipinski definition) is 3. The maximum absolute atomic E-state index is 12.2. The maximum Gasteiger partial charge on any atom is 0.261 e. The Kier molecular flexibility index (Phi) is 4.82. The summed E-state index contributed by atoms with van der Waals surface area (Å²) in [6.45, 7) is 0. The molecule has 0 atom stereocenters. The maximum atomic E-state index is 12.2. The number of nitrogens with two attached hydrogens (primary N) is 1. The summed E-state index contributed by atoms with van der Waals surface area (Å²) in [6, 6.07) is 4.94. The summed E-state index contributed by atoms with van der Waals surface area (Å²) >= 11 is 0. The number of aromatic amines is 1. The first-order valence-electron chi connectivity index (χ1n) is 6.91. The SMILES string of the molecule is Cl.Nc1ccc(NC(=O)c2cc3c([nH]c2=O)CCCC3)cn1. The first kappa shape index (κ1) is 16.0. The second kappa shape index (κ2) is 6.62. The van der Waals surface area contributed by atoms with E-state index in [2.05, 4.69) is 15.3 Å². The van der Waals surface area contributed by atoms with Crippen molar-refractivity contribution in [1.29, 1.82) is 0 Å². The summed E-state index contributed by atoms with van der Waals surface area (Å²) in [5.41, 5.74) is 7.79. The van der Waals surface area contributed by atoms with E-state index in [0.29, 0.717) is 11.5 Å². The van der Waals surface area contributed by atoms with Gasteiger partial charge >= 0.3 is 0 Å². The van der Waals surface area contributed by atoms with Crippen LogP contribution in [0.2, 0.25) is 0 Å². The second-order valence-corrected chi connectivity index (χ2v) is 5.15. The molecule has 3 rings (SSSR count). The summed E-state index contributed by atoms with van der Waals surface area (Å²) in [7, 11) is 0. The lowest BCUT2D eigenvalue weighted by atomic mass is 9.95. The lowest BCUT2D eigenvalue weighted by Crippen LogP contribution is -2.26. The van der Waals surface area contributed by atoms with Crippen LogP contribution in [-0.4, -0.2) is 15.9 Å². The Morgan fingerprint density at radius 3 is 2.77 bits per heavy atom. The lowest BCUT2D eigenvalue weighted by Gasteiger charge is -2.15. The van der Waals surface area contributed by atoms with Crippen LogP contribution >= 0.6 is 12.4 Å². The lowest BCUT2D eigenvalue weighted by molar-refractivity contribution is 0.102. The van der Waals surface area contributed by atoms with Gasteiger partial charge in [0.05, 0.1) is 11.9 Å². The largest absolute Gasteiger partial charge is 0.384 e. The highest BCUT2D eigenvalue weighted by Gasteiger charge is 2.17. The normalized spacial score (nSPS) is 12.9. The minimum atomic E-state index is -0.434. The fourth-order valence-electron chi connectivity index (χ4n) is 2.52. The van der Waals surface area contributed by atoms with Crippen molar-refractivity contribution in [2.24, 2.45) is 0 Å². The van der Waals surface area contributed by atoms with Crippen LogP contribution < -0.4 is 16.6 Å². The Labute approximate surface area is 133 Å². The number of aromatic nitrogens is 2. The monoisotopic (exact) mass is 320 g/mol. The van der Waals surface area contributed by atoms with Crippen LogP contribution in [0.5, 0.6) is 0 Å². The third kappa shape index (κ3) is 3.28. The van der Waals surface area contributed by atoms with Gasteiger partial charge in [0.25, 0.3) is 11.5 Å². The van der Waals surface area contributed by atoms with E-state index in [1.54, 1.807) is 18.2 Å². The number of fused-ring (bicyclic) bond motifs is 1. The van der Waals surface area contributed by atoms with Crippen LogP contribution in [0.4, 0.5) is 11.5 Å². The third-order valence-corrected chi connectivity index (χ3v) is 3.63. The molecule has 2 aromatic heterocycles. The predicted molar refractivity (Wildman–Crippen MR) is 87.6 cm³/mol. The molecule has 0 fully saturated rings. The number of amides is 1. The van der Waals surface area contributed by atoms with Crippen LogP contribution in [0.15, 0.2) is 29.2 Å². The van der Waals surface area contributed by atoms with Gasteiger partial charge in [-0.3, -0.25) is 9.59 Å². The van der Waals surface area contributed by atoms with Crippen molar-refractivity contribution >= 4 is 29.8 Å². The number of halogens is 1. The van der Waals surface area contributed by atoms with Gasteiger partial charge in [0, 0.05) is 5.69 Å². The Morgan fingerprint density at radius 1 is 1.27 bits per heavy atom. The van der Waals surface area contributed by atoms with Crippen molar-refractivity contribution in [3.05, 3.63) is 51.6 Å². The van der Waals surface area contributed by atoms with Crippen molar-refractivity contribution < 1.29 is 4.79 Å². The predicted octanol–water partition coefficient (Wildman–Crippen LogP) is 1.91. The highest BCUT2D eigenvalue weighted by Crippen LogP contribution is 2.19. The number of carbonyl (C=O) groups is 1. The first-order chi connectivity index (χ1) is 10.1. The van der Waals surface area contributed by atoms with E-state index in [9.17, 15) is 9.59 Å². The molecule has 1 aliphatic rings. The van der Waals surface area contributed by atoms with Gasteiger partial charge < -0.3 is 16.0 Å². The number of anilines is 2. The van der Waals surface area contributed by atoms with Gasteiger partial charge in [-0.05, 0) is 49.4 Å². The zero-order chi connectivity index (χ0) is 14.8. The van der Waals surface area contributed by atoms with Crippen LogP contribution in [0.3, 0.4) is 0 Å². The molecule has 6 nitrogen and oxygen atoms in total. The summed E-state index contributed by atoms with van der Waals surface area (Å²) < 4.78 is 0. The number of pyridine rings is 2. The topological polar surface area (TPSA) is 101 Å². The van der Waals surface area contributed by atoms with Crippen molar-refractivity contribution in [2.45, 2.75) is 25.7 Å². The number of hydrogen-bond acceptors (Lipinski definition) is 4. The van der Waals surface area contributed by atoms with E-state index >= 15 is 0 Å². The average molecular weight is 321 g/mol. The van der Waals surface area contributed by atoms with E-state index < -0.39 is 5.91 Å². The minimum Gasteiger partial charge on any atom is -0.384 e. The number of nitrogen functional groups attached to an aromatic ring is 1. The molecule has 7 heteroatoms. The summed E-state index contributed by atoms with van der Waals surface area (Å²) in [5, 5.41) is 2.66. The Bertz CT molecular complexity index is 740. The third-order valence-electron chi connectivity index (χ3n) is 3.63. The molecule has 0 radical (unpaired) electrons. The van der Waals surface area contributed by atoms with Gasteiger partial charge in [-0.15, -0.1) is 12.4 Å². The molecule has 0 aromatic carbocycles. The van der Waals surface area contributed by atoms with E-state index in [1.165, 1.54) is 6.20 Å². The molecule has 2 aromatic rings. The Hall–Kier alpha value is -2.34. The molecule has 1 amide bonds. The number of aryl methyl sites for hydroxylation is 2. The zero-order valence-corrected chi connectivity index (χ0v) is 12.7. The van der Waals surface area contributed by atoms with Crippen molar-refractivity contribution in [3.8, 4) is 0 Å². The smallest absolute Gasteiger partial charge is 0.261 e. The van der Waals surface area contributed by atoms with Crippen LogP contribution in [0, 0.1) is 0 Å². The van der Waals surface area contributed by atoms with Crippen molar-refractivity contribution in [3.63, 3.8) is 0 Å². The minimum absolute atomic E-state index is 0. The Morgan fingerprint density at radius 2 is 2.05 bits per heavy atom. The van der Waals surface area contributed by atoms with E-state index in [0.717, 1.165) is 36.9 Å². The molecule has 0 unspecified atom stereocenters. The van der Waals surface area contributed by atoms with Crippen LogP contribution in [0.1, 0.15) is 34.5 Å². The van der Waals surface area contributed by atoms with Gasteiger partial charge in [-0.25, -0.2) is 4.98 Å². The molecule has 0 aliphatic heterocycles. The zero-order valence-electron chi connectivity index (χ0n) is 11.9. The highest BCUT2D eigenvalue weighted by molar-refractivity contribution is 6.04. The standard InChI is InChI=1S/C15H16N4O2.ClH/c16-13-6-5-10(8-17-13)18-14(20)11-7-9-3-1-2-4-12(9)19-15(11)21;/h5-8H,1-4H2,(H2,16,17)(H,18,20)(H,19,21);1H. The molecule has 0 bridgehead atoms. The molecule has 2 heterocycles. The molecule has 0 saturated carbocycles. The van der Waals surface area contributed by atoms with E-state index in [4.69, 9.17) is 5.73 Å². The number of carbonyl (C=O) groups excluding carboxylic acids is 1.